The van der Waals surface area contributed by atoms with E-state index in [1.165, 1.54) is 5.56 Å². The maximum atomic E-state index is 14.0. The minimum Gasteiger partial charge on any atom is -0.478 e. The lowest BCUT2D eigenvalue weighted by molar-refractivity contribution is 0.0657. The van der Waals surface area contributed by atoms with Gasteiger partial charge in [-0.05, 0) is 54.8 Å². The molecule has 1 amide bonds. The second-order valence-corrected chi connectivity index (χ2v) is 8.71. The zero-order chi connectivity index (χ0) is 23.4. The lowest BCUT2D eigenvalue weighted by atomic mass is 9.93. The number of pyridine rings is 1. The SMILES string of the molecule is C[C@@H]1Cc2ccccc2CN1C(=O)c1cc2c(cc1-c1cc(C(=O)O)c3ccccn13)OCO2. The molecule has 0 fully saturated rings. The van der Waals surface area contributed by atoms with E-state index in [1.807, 2.05) is 23.1 Å². The lowest BCUT2D eigenvalue weighted by Gasteiger charge is -2.35. The van der Waals surface area contributed by atoms with Crippen LogP contribution in [0.2, 0.25) is 0 Å². The van der Waals surface area contributed by atoms with Gasteiger partial charge >= 0.3 is 5.97 Å². The van der Waals surface area contributed by atoms with E-state index in [4.69, 9.17) is 9.47 Å². The van der Waals surface area contributed by atoms with Crippen LogP contribution in [0.4, 0.5) is 0 Å². The summed E-state index contributed by atoms with van der Waals surface area (Å²) in [5.41, 5.74) is 4.80. The van der Waals surface area contributed by atoms with E-state index in [-0.39, 0.29) is 24.3 Å². The summed E-state index contributed by atoms with van der Waals surface area (Å²) in [4.78, 5) is 27.8. The van der Waals surface area contributed by atoms with Gasteiger partial charge in [-0.2, -0.15) is 0 Å². The van der Waals surface area contributed by atoms with Gasteiger partial charge < -0.3 is 23.9 Å². The average Bonchev–Trinajstić information content (AvgIpc) is 3.46. The van der Waals surface area contributed by atoms with Crippen LogP contribution >= 0.6 is 0 Å². The number of carbonyl (C=O) groups excluding carboxylic acids is 1. The fraction of sp³-hybridized carbons (Fsp3) is 0.185. The number of hydrogen-bond acceptors (Lipinski definition) is 4. The van der Waals surface area contributed by atoms with E-state index >= 15 is 0 Å². The van der Waals surface area contributed by atoms with Crippen LogP contribution in [0.15, 0.2) is 66.9 Å². The number of carboxylic acid groups (broad SMARTS) is 1. The molecule has 4 aromatic rings. The number of aromatic carboxylic acids is 1. The number of rotatable bonds is 3. The van der Waals surface area contributed by atoms with E-state index in [0.717, 1.165) is 12.0 Å². The van der Waals surface area contributed by atoms with Crippen LogP contribution < -0.4 is 9.47 Å². The zero-order valence-corrected chi connectivity index (χ0v) is 18.5. The lowest BCUT2D eigenvalue weighted by Crippen LogP contribution is -2.42. The van der Waals surface area contributed by atoms with E-state index < -0.39 is 5.97 Å². The third-order valence-corrected chi connectivity index (χ3v) is 6.69. The number of carboxylic acids is 1. The molecule has 170 valence electrons. The third-order valence-electron chi connectivity index (χ3n) is 6.69. The van der Waals surface area contributed by atoms with Crippen LogP contribution in [-0.2, 0) is 13.0 Å². The highest BCUT2D eigenvalue weighted by atomic mass is 16.7. The molecule has 0 radical (unpaired) electrons. The molecule has 4 heterocycles. The molecule has 0 bridgehead atoms. The molecule has 7 nitrogen and oxygen atoms in total. The molecule has 6 rings (SSSR count). The Kier molecular flexibility index (Phi) is 4.58. The predicted molar refractivity (Wildman–Crippen MR) is 125 cm³/mol. The number of ether oxygens (including phenoxy) is 2. The van der Waals surface area contributed by atoms with Gasteiger partial charge in [0.15, 0.2) is 11.5 Å². The van der Waals surface area contributed by atoms with Crippen LogP contribution in [0.25, 0.3) is 16.8 Å². The highest BCUT2D eigenvalue weighted by Gasteiger charge is 2.31. The average molecular weight is 454 g/mol. The van der Waals surface area contributed by atoms with Gasteiger partial charge in [0.05, 0.1) is 22.3 Å². The second kappa shape index (κ2) is 7.66. The maximum Gasteiger partial charge on any atom is 0.337 e. The molecule has 0 aliphatic carbocycles. The first-order valence-corrected chi connectivity index (χ1v) is 11.2. The fourth-order valence-corrected chi connectivity index (χ4v) is 4.97. The fourth-order valence-electron chi connectivity index (χ4n) is 4.97. The van der Waals surface area contributed by atoms with Crippen molar-refractivity contribution in [2.24, 2.45) is 0 Å². The van der Waals surface area contributed by atoms with Crippen LogP contribution in [0.5, 0.6) is 11.5 Å². The molecule has 0 spiro atoms. The Morgan fingerprint density at radius 1 is 0.941 bits per heavy atom. The van der Waals surface area contributed by atoms with Crippen molar-refractivity contribution in [3.8, 4) is 22.8 Å². The van der Waals surface area contributed by atoms with E-state index in [9.17, 15) is 14.7 Å². The van der Waals surface area contributed by atoms with Crippen LogP contribution in [-0.4, -0.2) is 39.1 Å². The summed E-state index contributed by atoms with van der Waals surface area (Å²) in [5, 5.41) is 9.77. The summed E-state index contributed by atoms with van der Waals surface area (Å²) in [6.45, 7) is 2.64. The minimum absolute atomic E-state index is 0.0133. The van der Waals surface area contributed by atoms with Crippen molar-refractivity contribution in [2.75, 3.05) is 6.79 Å². The molecular formula is C27H22N2O5. The number of fused-ring (bicyclic) bond motifs is 3. The first-order chi connectivity index (χ1) is 16.5. The summed E-state index contributed by atoms with van der Waals surface area (Å²) in [7, 11) is 0. The van der Waals surface area contributed by atoms with Crippen molar-refractivity contribution in [3.63, 3.8) is 0 Å². The number of carbonyl (C=O) groups is 2. The molecule has 2 aliphatic heterocycles. The van der Waals surface area contributed by atoms with Gasteiger partial charge in [0.2, 0.25) is 6.79 Å². The maximum absolute atomic E-state index is 14.0. The quantitative estimate of drug-likeness (QED) is 0.489. The molecule has 0 saturated carbocycles. The summed E-state index contributed by atoms with van der Waals surface area (Å²) < 4.78 is 13.0. The molecule has 7 heteroatoms. The summed E-state index contributed by atoms with van der Waals surface area (Å²) in [5.74, 6) is -0.106. The Labute approximate surface area is 195 Å². The number of hydrogen-bond donors (Lipinski definition) is 1. The Morgan fingerprint density at radius 3 is 2.47 bits per heavy atom. The number of benzene rings is 2. The van der Waals surface area contributed by atoms with Crippen molar-refractivity contribution < 1.29 is 24.2 Å². The highest BCUT2D eigenvalue weighted by molar-refractivity contribution is 6.04. The monoisotopic (exact) mass is 454 g/mol. The molecule has 1 N–H and O–H groups in total. The van der Waals surface area contributed by atoms with Gasteiger partial charge in [-0.15, -0.1) is 0 Å². The molecule has 34 heavy (non-hydrogen) atoms. The number of nitrogens with zero attached hydrogens (tertiary/aromatic N) is 2. The molecule has 1 atom stereocenters. The van der Waals surface area contributed by atoms with Gasteiger partial charge in [0.25, 0.3) is 5.91 Å². The molecule has 2 aliphatic rings. The summed E-state index contributed by atoms with van der Waals surface area (Å²) in [6, 6.07) is 18.7. The standard InChI is InChI=1S/C27H22N2O5/c1-16-10-17-6-2-3-7-18(17)14-29(16)26(30)20-13-25-24(33-15-34-25)12-19(20)23-11-21(27(31)32)22-8-4-5-9-28(22)23/h2-9,11-13,16H,10,14-15H2,1H3,(H,31,32)/t16-/m1/s1. The Morgan fingerprint density at radius 2 is 1.68 bits per heavy atom. The minimum atomic E-state index is -1.02. The molecule has 0 unspecified atom stereocenters. The normalized spacial score (nSPS) is 16.5. The van der Waals surface area contributed by atoms with E-state index in [0.29, 0.717) is 40.4 Å². The van der Waals surface area contributed by atoms with Crippen molar-refractivity contribution >= 4 is 17.4 Å². The van der Waals surface area contributed by atoms with Gasteiger partial charge in [-0.3, -0.25) is 4.79 Å². The van der Waals surface area contributed by atoms with Crippen LogP contribution in [0.3, 0.4) is 0 Å². The van der Waals surface area contributed by atoms with E-state index in [1.54, 1.807) is 40.9 Å². The number of amides is 1. The first kappa shape index (κ1) is 20.4. The molecular weight excluding hydrogens is 432 g/mol. The van der Waals surface area contributed by atoms with Gasteiger partial charge in [-0.1, -0.05) is 30.3 Å². The summed E-state index contributed by atoms with van der Waals surface area (Å²) >= 11 is 0. The van der Waals surface area contributed by atoms with Crippen molar-refractivity contribution in [1.29, 1.82) is 0 Å². The van der Waals surface area contributed by atoms with E-state index in [2.05, 4.69) is 19.1 Å². The van der Waals surface area contributed by atoms with Crippen molar-refractivity contribution in [3.05, 3.63) is 89.1 Å². The highest BCUT2D eigenvalue weighted by Crippen LogP contribution is 2.41. The molecule has 2 aromatic heterocycles. The predicted octanol–water partition coefficient (Wildman–Crippen LogP) is 4.62. The van der Waals surface area contributed by atoms with Gasteiger partial charge in [0.1, 0.15) is 0 Å². The van der Waals surface area contributed by atoms with Crippen LogP contribution in [0.1, 0.15) is 38.8 Å². The molecule has 0 saturated heterocycles. The van der Waals surface area contributed by atoms with Crippen molar-refractivity contribution in [1.82, 2.24) is 9.30 Å². The van der Waals surface area contributed by atoms with Crippen LogP contribution in [0, 0.1) is 0 Å². The Balaban J connectivity index is 1.52. The van der Waals surface area contributed by atoms with Gasteiger partial charge in [0, 0.05) is 24.3 Å². The topological polar surface area (TPSA) is 80.5 Å². The molecule has 2 aromatic carbocycles. The number of aromatic nitrogens is 1. The third kappa shape index (κ3) is 3.12. The smallest absolute Gasteiger partial charge is 0.337 e. The summed E-state index contributed by atoms with van der Waals surface area (Å²) in [6.07, 6.45) is 2.58. The van der Waals surface area contributed by atoms with Crippen molar-refractivity contribution in [2.45, 2.75) is 25.9 Å². The Bertz CT molecular complexity index is 1470. The first-order valence-electron chi connectivity index (χ1n) is 11.2. The zero-order valence-electron chi connectivity index (χ0n) is 18.5. The Hall–Kier alpha value is -4.26. The second-order valence-electron chi connectivity index (χ2n) is 8.71. The largest absolute Gasteiger partial charge is 0.478 e. The van der Waals surface area contributed by atoms with Gasteiger partial charge in [-0.25, -0.2) is 4.79 Å².